The van der Waals surface area contributed by atoms with Crippen molar-refractivity contribution in [3.05, 3.63) is 65.1 Å². The molecule has 0 radical (unpaired) electrons. The minimum Gasteiger partial charge on any atom is -0.508 e. The van der Waals surface area contributed by atoms with Gasteiger partial charge in [-0.3, -0.25) is 14.5 Å². The van der Waals surface area contributed by atoms with Crippen LogP contribution in [0, 0.1) is 0 Å². The molecule has 0 bridgehead atoms. The van der Waals surface area contributed by atoms with E-state index in [4.69, 9.17) is 12.2 Å². The van der Waals surface area contributed by atoms with Gasteiger partial charge in [0, 0.05) is 18.7 Å². The van der Waals surface area contributed by atoms with Gasteiger partial charge in [0.25, 0.3) is 5.91 Å². The Morgan fingerprint density at radius 3 is 2.54 bits per heavy atom. The Labute approximate surface area is 160 Å². The largest absolute Gasteiger partial charge is 0.508 e. The van der Waals surface area contributed by atoms with Crippen LogP contribution in [0.3, 0.4) is 0 Å². The lowest BCUT2D eigenvalue weighted by Gasteiger charge is -2.14. The maximum atomic E-state index is 12.5. The van der Waals surface area contributed by atoms with Gasteiger partial charge >= 0.3 is 0 Å². The molecule has 5 nitrogen and oxygen atoms in total. The fourth-order valence-corrected chi connectivity index (χ4v) is 3.68. The van der Waals surface area contributed by atoms with Crippen LogP contribution in [-0.4, -0.2) is 32.7 Å². The first kappa shape index (κ1) is 18.2. The first-order chi connectivity index (χ1) is 12.5. The second-order valence-corrected chi connectivity index (χ2v) is 7.26. The standard InChI is InChI=1S/C19H16N2O3S2/c22-15-8-6-14(7-9-15)20-17(23)10-11-21-18(24)16(26-19(21)25)12-13-4-2-1-3-5-13/h1-9,12,22H,10-11H2,(H,20,23)/b16-12+. The van der Waals surface area contributed by atoms with Crippen molar-refractivity contribution in [3.8, 4) is 5.75 Å². The molecule has 0 atom stereocenters. The summed E-state index contributed by atoms with van der Waals surface area (Å²) in [5.41, 5.74) is 1.51. The number of carbonyl (C=O) groups excluding carboxylic acids is 2. The summed E-state index contributed by atoms with van der Waals surface area (Å²) in [5.74, 6) is -0.274. The molecule has 3 rings (SSSR count). The highest BCUT2D eigenvalue weighted by Gasteiger charge is 2.32. The van der Waals surface area contributed by atoms with Crippen molar-refractivity contribution in [3.63, 3.8) is 0 Å². The van der Waals surface area contributed by atoms with E-state index in [0.29, 0.717) is 14.9 Å². The number of nitrogens with zero attached hydrogens (tertiary/aromatic N) is 1. The monoisotopic (exact) mass is 384 g/mol. The van der Waals surface area contributed by atoms with Gasteiger partial charge in [0.1, 0.15) is 10.1 Å². The zero-order valence-electron chi connectivity index (χ0n) is 13.7. The Morgan fingerprint density at radius 1 is 1.15 bits per heavy atom. The number of amides is 2. The molecule has 0 aromatic heterocycles. The summed E-state index contributed by atoms with van der Waals surface area (Å²) in [6, 6.07) is 15.7. The third-order valence-corrected chi connectivity index (χ3v) is 5.06. The number of rotatable bonds is 5. The number of phenolic OH excluding ortho intramolecular Hbond substituents is 1. The van der Waals surface area contributed by atoms with Crippen molar-refractivity contribution in [2.24, 2.45) is 0 Å². The molecular formula is C19H16N2O3S2. The summed E-state index contributed by atoms with van der Waals surface area (Å²) in [6.07, 6.45) is 1.93. The lowest BCUT2D eigenvalue weighted by atomic mass is 10.2. The van der Waals surface area contributed by atoms with Crippen molar-refractivity contribution < 1.29 is 14.7 Å². The quantitative estimate of drug-likeness (QED) is 0.468. The van der Waals surface area contributed by atoms with E-state index in [-0.39, 0.29) is 30.5 Å². The van der Waals surface area contributed by atoms with Crippen LogP contribution in [0.2, 0.25) is 0 Å². The predicted octanol–water partition coefficient (Wildman–Crippen LogP) is 3.62. The van der Waals surface area contributed by atoms with Crippen LogP contribution in [0.4, 0.5) is 5.69 Å². The van der Waals surface area contributed by atoms with E-state index in [1.807, 2.05) is 30.3 Å². The number of thioether (sulfide) groups is 1. The van der Waals surface area contributed by atoms with Crippen LogP contribution >= 0.6 is 24.0 Å². The van der Waals surface area contributed by atoms with Crippen LogP contribution in [0.15, 0.2) is 59.5 Å². The second-order valence-electron chi connectivity index (χ2n) is 5.59. The summed E-state index contributed by atoms with van der Waals surface area (Å²) in [4.78, 5) is 26.6. The summed E-state index contributed by atoms with van der Waals surface area (Å²) in [6.45, 7) is 0.223. The third kappa shape index (κ3) is 4.50. The Morgan fingerprint density at radius 2 is 1.85 bits per heavy atom. The third-order valence-electron chi connectivity index (χ3n) is 3.68. The number of hydrogen-bond donors (Lipinski definition) is 2. The number of phenols is 1. The molecule has 1 heterocycles. The fraction of sp³-hybridized carbons (Fsp3) is 0.105. The van der Waals surface area contributed by atoms with Crippen LogP contribution < -0.4 is 5.32 Å². The number of carbonyl (C=O) groups is 2. The molecule has 0 unspecified atom stereocenters. The van der Waals surface area contributed by atoms with Crippen molar-refractivity contribution >= 4 is 51.9 Å². The minimum absolute atomic E-state index is 0.130. The maximum Gasteiger partial charge on any atom is 0.266 e. The van der Waals surface area contributed by atoms with Gasteiger partial charge in [-0.05, 0) is 35.9 Å². The first-order valence-electron chi connectivity index (χ1n) is 7.92. The molecule has 0 spiro atoms. The van der Waals surface area contributed by atoms with Crippen LogP contribution in [0.1, 0.15) is 12.0 Å². The molecule has 0 aliphatic carbocycles. The van der Waals surface area contributed by atoms with Gasteiger partial charge in [-0.15, -0.1) is 0 Å². The van der Waals surface area contributed by atoms with E-state index < -0.39 is 0 Å². The normalized spacial score (nSPS) is 15.5. The van der Waals surface area contributed by atoms with Gasteiger partial charge in [0.05, 0.1) is 4.91 Å². The van der Waals surface area contributed by atoms with Crippen molar-refractivity contribution in [2.75, 3.05) is 11.9 Å². The summed E-state index contributed by atoms with van der Waals surface area (Å²) in [5, 5.41) is 12.0. The average Bonchev–Trinajstić information content (AvgIpc) is 2.89. The summed E-state index contributed by atoms with van der Waals surface area (Å²) >= 11 is 6.52. The maximum absolute atomic E-state index is 12.5. The average molecular weight is 384 g/mol. The Kier molecular flexibility index (Phi) is 5.70. The number of nitrogens with one attached hydrogen (secondary N) is 1. The highest BCUT2D eigenvalue weighted by Crippen LogP contribution is 2.32. The molecule has 2 aromatic rings. The number of thiocarbonyl (C=S) groups is 1. The predicted molar refractivity (Wildman–Crippen MR) is 108 cm³/mol. The van der Waals surface area contributed by atoms with Crippen LogP contribution in [-0.2, 0) is 9.59 Å². The second kappa shape index (κ2) is 8.16. The SMILES string of the molecule is O=C(CCN1C(=O)/C(=C\c2ccccc2)SC1=S)Nc1ccc(O)cc1. The fourth-order valence-electron chi connectivity index (χ4n) is 2.38. The summed E-state index contributed by atoms with van der Waals surface area (Å²) in [7, 11) is 0. The minimum atomic E-state index is -0.225. The number of hydrogen-bond acceptors (Lipinski definition) is 5. The molecule has 2 N–H and O–H groups in total. The number of benzene rings is 2. The number of anilines is 1. The van der Waals surface area contributed by atoms with E-state index >= 15 is 0 Å². The summed E-state index contributed by atoms with van der Waals surface area (Å²) < 4.78 is 0.453. The Hall–Kier alpha value is -2.64. The zero-order chi connectivity index (χ0) is 18.5. The molecule has 1 fully saturated rings. The molecule has 0 saturated carbocycles. The van der Waals surface area contributed by atoms with Gasteiger partial charge < -0.3 is 10.4 Å². The molecule has 1 saturated heterocycles. The lowest BCUT2D eigenvalue weighted by molar-refractivity contribution is -0.122. The Balaban J connectivity index is 1.58. The van der Waals surface area contributed by atoms with E-state index in [1.54, 1.807) is 18.2 Å². The van der Waals surface area contributed by atoms with E-state index in [9.17, 15) is 14.7 Å². The van der Waals surface area contributed by atoms with Gasteiger partial charge in [0.2, 0.25) is 5.91 Å². The van der Waals surface area contributed by atoms with Crippen molar-refractivity contribution in [1.82, 2.24) is 4.90 Å². The van der Waals surface area contributed by atoms with Crippen LogP contribution in [0.5, 0.6) is 5.75 Å². The van der Waals surface area contributed by atoms with E-state index in [2.05, 4.69) is 5.32 Å². The highest BCUT2D eigenvalue weighted by atomic mass is 32.2. The number of aromatic hydroxyl groups is 1. The molecule has 2 aromatic carbocycles. The molecule has 132 valence electrons. The first-order valence-corrected chi connectivity index (χ1v) is 9.15. The van der Waals surface area contributed by atoms with Crippen molar-refractivity contribution in [2.45, 2.75) is 6.42 Å². The molecule has 2 amide bonds. The molecule has 1 aliphatic heterocycles. The topological polar surface area (TPSA) is 69.6 Å². The molecular weight excluding hydrogens is 368 g/mol. The van der Waals surface area contributed by atoms with E-state index in [0.717, 1.165) is 5.56 Å². The van der Waals surface area contributed by atoms with Crippen LogP contribution in [0.25, 0.3) is 6.08 Å². The molecule has 26 heavy (non-hydrogen) atoms. The lowest BCUT2D eigenvalue weighted by Crippen LogP contribution is -2.31. The van der Waals surface area contributed by atoms with Gasteiger partial charge in [0.15, 0.2) is 0 Å². The molecule has 7 heteroatoms. The van der Waals surface area contributed by atoms with Gasteiger partial charge in [-0.2, -0.15) is 0 Å². The zero-order valence-corrected chi connectivity index (χ0v) is 15.3. The van der Waals surface area contributed by atoms with Gasteiger partial charge in [-0.25, -0.2) is 0 Å². The smallest absolute Gasteiger partial charge is 0.266 e. The highest BCUT2D eigenvalue weighted by molar-refractivity contribution is 8.26. The molecule has 1 aliphatic rings. The van der Waals surface area contributed by atoms with Crippen molar-refractivity contribution in [1.29, 1.82) is 0 Å². The van der Waals surface area contributed by atoms with E-state index in [1.165, 1.54) is 28.8 Å². The Bertz CT molecular complexity index is 864. The van der Waals surface area contributed by atoms with Gasteiger partial charge in [-0.1, -0.05) is 54.3 Å².